The van der Waals surface area contributed by atoms with Gasteiger partial charge in [0, 0.05) is 11.8 Å². The lowest BCUT2D eigenvalue weighted by Gasteiger charge is -2.01. The lowest BCUT2D eigenvalue weighted by Crippen LogP contribution is -2.03. The van der Waals surface area contributed by atoms with Gasteiger partial charge in [-0.25, -0.2) is 14.3 Å². The Morgan fingerprint density at radius 3 is 2.67 bits per heavy atom. The molecule has 0 aliphatic carbocycles. The molecule has 0 spiro atoms. The van der Waals surface area contributed by atoms with Gasteiger partial charge in [-0.1, -0.05) is 30.3 Å². The largest absolute Gasteiger partial charge is 0.478 e. The molecule has 0 saturated heterocycles. The molecule has 1 aromatic carbocycles. The predicted octanol–water partition coefficient (Wildman–Crippen LogP) is 2.09. The van der Waals surface area contributed by atoms with Crippen LogP contribution in [0.25, 0.3) is 16.9 Å². The van der Waals surface area contributed by atoms with E-state index in [1.54, 1.807) is 10.7 Å². The molecular formula is C13H9N3O2. The van der Waals surface area contributed by atoms with E-state index < -0.39 is 5.97 Å². The van der Waals surface area contributed by atoms with E-state index in [4.69, 9.17) is 5.11 Å². The molecule has 2 heterocycles. The summed E-state index contributed by atoms with van der Waals surface area (Å²) < 4.78 is 1.54. The van der Waals surface area contributed by atoms with Crippen molar-refractivity contribution in [2.45, 2.75) is 0 Å². The molecule has 0 bridgehead atoms. The Hall–Kier alpha value is -2.69. The molecule has 1 N–H and O–H groups in total. The first-order chi connectivity index (χ1) is 8.77. The van der Waals surface area contributed by atoms with Crippen LogP contribution in [0.4, 0.5) is 0 Å². The smallest absolute Gasteiger partial charge is 0.339 e. The van der Waals surface area contributed by atoms with Gasteiger partial charge in [-0.15, -0.1) is 0 Å². The van der Waals surface area contributed by atoms with Crippen LogP contribution >= 0.6 is 0 Å². The highest BCUT2D eigenvalue weighted by Crippen LogP contribution is 2.20. The molecular weight excluding hydrogens is 230 g/mol. The first-order valence-electron chi connectivity index (χ1n) is 5.39. The van der Waals surface area contributed by atoms with Gasteiger partial charge in [-0.3, -0.25) is 0 Å². The van der Waals surface area contributed by atoms with Crippen molar-refractivity contribution in [3.63, 3.8) is 0 Å². The second-order valence-electron chi connectivity index (χ2n) is 3.79. The van der Waals surface area contributed by atoms with Gasteiger partial charge in [0.1, 0.15) is 5.56 Å². The summed E-state index contributed by atoms with van der Waals surface area (Å²) in [5, 5.41) is 13.2. The first-order valence-corrected chi connectivity index (χ1v) is 5.39. The zero-order valence-electron chi connectivity index (χ0n) is 9.32. The number of aromatic carboxylic acids is 1. The summed E-state index contributed by atoms with van der Waals surface area (Å²) in [6.45, 7) is 0. The molecule has 5 nitrogen and oxygen atoms in total. The maximum atomic E-state index is 11.1. The number of carbonyl (C=O) groups is 1. The highest BCUT2D eigenvalue weighted by molar-refractivity contribution is 5.94. The third-order valence-corrected chi connectivity index (χ3v) is 2.70. The van der Waals surface area contributed by atoms with Crippen molar-refractivity contribution in [1.82, 2.24) is 14.6 Å². The van der Waals surface area contributed by atoms with Gasteiger partial charge in [0.05, 0.1) is 11.9 Å². The highest BCUT2D eigenvalue weighted by Gasteiger charge is 2.13. The Kier molecular flexibility index (Phi) is 2.30. The average Bonchev–Trinajstić information content (AvgIpc) is 2.83. The minimum atomic E-state index is -1.01. The number of carboxylic acids is 1. The molecule has 0 aliphatic rings. The number of carboxylic acid groups (broad SMARTS) is 1. The van der Waals surface area contributed by atoms with Crippen LogP contribution in [0.15, 0.2) is 48.8 Å². The van der Waals surface area contributed by atoms with Gasteiger partial charge in [-0.2, -0.15) is 5.10 Å². The molecule has 0 unspecified atom stereocenters. The van der Waals surface area contributed by atoms with E-state index in [9.17, 15) is 4.79 Å². The lowest BCUT2D eigenvalue weighted by atomic mass is 10.2. The lowest BCUT2D eigenvalue weighted by molar-refractivity contribution is 0.0698. The number of imidazole rings is 1. The highest BCUT2D eigenvalue weighted by atomic mass is 16.4. The van der Waals surface area contributed by atoms with Crippen LogP contribution in [0, 0.1) is 0 Å². The van der Waals surface area contributed by atoms with E-state index in [0.29, 0.717) is 5.65 Å². The molecule has 0 amide bonds. The SMILES string of the molecule is O=C(O)c1ccnn2c(-c3ccccc3)cnc12. The van der Waals surface area contributed by atoms with Crippen molar-refractivity contribution in [2.24, 2.45) is 0 Å². The zero-order valence-corrected chi connectivity index (χ0v) is 9.32. The van der Waals surface area contributed by atoms with Crippen molar-refractivity contribution in [2.75, 3.05) is 0 Å². The number of hydrogen-bond acceptors (Lipinski definition) is 3. The van der Waals surface area contributed by atoms with Crippen molar-refractivity contribution >= 4 is 11.6 Å². The minimum absolute atomic E-state index is 0.146. The summed E-state index contributed by atoms with van der Waals surface area (Å²) in [5.74, 6) is -1.01. The average molecular weight is 239 g/mol. The number of rotatable bonds is 2. The Morgan fingerprint density at radius 2 is 1.94 bits per heavy atom. The maximum absolute atomic E-state index is 11.1. The molecule has 0 aliphatic heterocycles. The fraction of sp³-hybridized carbons (Fsp3) is 0. The van der Waals surface area contributed by atoms with E-state index in [0.717, 1.165) is 11.3 Å². The van der Waals surface area contributed by atoms with Crippen LogP contribution in [0.2, 0.25) is 0 Å². The van der Waals surface area contributed by atoms with Crippen LogP contribution in [-0.2, 0) is 0 Å². The van der Waals surface area contributed by atoms with Crippen LogP contribution in [0.1, 0.15) is 10.4 Å². The van der Waals surface area contributed by atoms with Crippen LogP contribution < -0.4 is 0 Å². The molecule has 2 aromatic heterocycles. The summed E-state index contributed by atoms with van der Waals surface area (Å²) in [4.78, 5) is 15.2. The van der Waals surface area contributed by atoms with E-state index in [1.807, 2.05) is 30.3 Å². The van der Waals surface area contributed by atoms with E-state index in [2.05, 4.69) is 10.1 Å². The Bertz CT molecular complexity index is 719. The molecule has 0 atom stereocenters. The fourth-order valence-corrected chi connectivity index (χ4v) is 1.87. The topological polar surface area (TPSA) is 67.5 Å². The molecule has 5 heteroatoms. The molecule has 18 heavy (non-hydrogen) atoms. The normalized spacial score (nSPS) is 10.7. The van der Waals surface area contributed by atoms with Crippen molar-refractivity contribution < 1.29 is 9.90 Å². The van der Waals surface area contributed by atoms with Crippen LogP contribution in [-0.4, -0.2) is 25.7 Å². The Labute approximate surface area is 102 Å². The number of aromatic nitrogens is 3. The van der Waals surface area contributed by atoms with Gasteiger partial charge >= 0.3 is 5.97 Å². The molecule has 0 fully saturated rings. The third kappa shape index (κ3) is 1.53. The van der Waals surface area contributed by atoms with E-state index in [1.165, 1.54) is 12.3 Å². The monoisotopic (exact) mass is 239 g/mol. The maximum Gasteiger partial charge on any atom is 0.339 e. The van der Waals surface area contributed by atoms with Crippen molar-refractivity contribution in [3.8, 4) is 11.3 Å². The van der Waals surface area contributed by atoms with Gasteiger partial charge in [0.2, 0.25) is 0 Å². The van der Waals surface area contributed by atoms with E-state index in [-0.39, 0.29) is 5.56 Å². The second kappa shape index (κ2) is 3.96. The van der Waals surface area contributed by atoms with E-state index >= 15 is 0 Å². The summed E-state index contributed by atoms with van der Waals surface area (Å²) in [5.41, 5.74) is 2.21. The Balaban J connectivity index is 2.28. The van der Waals surface area contributed by atoms with Gasteiger partial charge < -0.3 is 5.11 Å². The second-order valence-corrected chi connectivity index (χ2v) is 3.79. The molecule has 0 radical (unpaired) electrons. The third-order valence-electron chi connectivity index (χ3n) is 2.70. The van der Waals surface area contributed by atoms with Crippen molar-refractivity contribution in [3.05, 3.63) is 54.4 Å². The molecule has 3 rings (SSSR count). The summed E-state index contributed by atoms with van der Waals surface area (Å²) in [7, 11) is 0. The minimum Gasteiger partial charge on any atom is -0.478 e. The van der Waals surface area contributed by atoms with Crippen LogP contribution in [0.5, 0.6) is 0 Å². The summed E-state index contributed by atoms with van der Waals surface area (Å²) in [6.07, 6.45) is 3.09. The Morgan fingerprint density at radius 1 is 1.17 bits per heavy atom. The standard InChI is InChI=1S/C13H9N3O2/c17-13(18)10-6-7-15-16-11(8-14-12(10)16)9-4-2-1-3-5-9/h1-8H,(H,17,18). The van der Waals surface area contributed by atoms with Crippen molar-refractivity contribution in [1.29, 1.82) is 0 Å². The summed E-state index contributed by atoms with van der Waals surface area (Å²) in [6, 6.07) is 11.0. The zero-order chi connectivity index (χ0) is 12.5. The quantitative estimate of drug-likeness (QED) is 0.743. The van der Waals surface area contributed by atoms with Gasteiger partial charge in [-0.05, 0) is 6.07 Å². The molecule has 3 aromatic rings. The van der Waals surface area contributed by atoms with Crippen LogP contribution in [0.3, 0.4) is 0 Å². The number of nitrogens with zero attached hydrogens (tertiary/aromatic N) is 3. The van der Waals surface area contributed by atoms with Gasteiger partial charge in [0.15, 0.2) is 5.65 Å². The molecule has 88 valence electrons. The number of fused-ring (bicyclic) bond motifs is 1. The fourth-order valence-electron chi connectivity index (χ4n) is 1.87. The predicted molar refractivity (Wildman–Crippen MR) is 65.4 cm³/mol. The number of benzene rings is 1. The van der Waals surface area contributed by atoms with Gasteiger partial charge in [0.25, 0.3) is 0 Å². The number of hydrogen-bond donors (Lipinski definition) is 1. The summed E-state index contributed by atoms with van der Waals surface area (Å²) >= 11 is 0. The molecule has 0 saturated carbocycles. The first kappa shape index (κ1) is 10.5.